The molecule has 1 aliphatic heterocycles. The Labute approximate surface area is 122 Å². The average molecular weight is 298 g/mol. The largest absolute Gasteiger partial charge is 0.293 e. The molecular formula is C13H16ClN3OS. The number of carbonyl (C=O) groups excluding carboxylic acids is 1. The normalized spacial score (nSPS) is 16.7. The van der Waals surface area contributed by atoms with E-state index in [-0.39, 0.29) is 5.91 Å². The Bertz CT molecular complexity index is 444. The van der Waals surface area contributed by atoms with Crippen molar-refractivity contribution < 1.29 is 4.79 Å². The number of nitrogens with zero attached hydrogens (tertiary/aromatic N) is 2. The van der Waals surface area contributed by atoms with Crippen LogP contribution >= 0.6 is 23.4 Å². The number of benzene rings is 1. The number of halogens is 1. The molecule has 1 fully saturated rings. The van der Waals surface area contributed by atoms with Gasteiger partial charge in [0.15, 0.2) is 0 Å². The van der Waals surface area contributed by atoms with E-state index in [2.05, 4.69) is 15.4 Å². The molecule has 2 rings (SSSR count). The average Bonchev–Trinajstić information content (AvgIpc) is 2.42. The molecule has 1 amide bonds. The van der Waals surface area contributed by atoms with Crippen molar-refractivity contribution in [3.8, 4) is 0 Å². The van der Waals surface area contributed by atoms with Crippen LogP contribution in [0.25, 0.3) is 0 Å². The lowest BCUT2D eigenvalue weighted by molar-refractivity contribution is -0.122. The smallest absolute Gasteiger partial charge is 0.254 e. The molecule has 0 aromatic heterocycles. The van der Waals surface area contributed by atoms with Crippen molar-refractivity contribution in [1.29, 1.82) is 0 Å². The summed E-state index contributed by atoms with van der Waals surface area (Å²) in [7, 11) is 0. The molecule has 6 heteroatoms. The number of hydrazone groups is 1. The van der Waals surface area contributed by atoms with Gasteiger partial charge in [0.05, 0.1) is 12.8 Å². The molecule has 1 heterocycles. The Morgan fingerprint density at radius 1 is 1.37 bits per heavy atom. The standard InChI is InChI=1S/C13H16ClN3OS/c14-12-3-1-11(2-4-12)9-15-16-13(18)10-17-5-7-19-8-6-17/h1-4,9H,5-8,10H2,(H,16,18). The second kappa shape index (κ2) is 7.53. The molecule has 1 aromatic rings. The maximum Gasteiger partial charge on any atom is 0.254 e. The fraction of sp³-hybridized carbons (Fsp3) is 0.385. The van der Waals surface area contributed by atoms with Crippen molar-refractivity contribution in [2.24, 2.45) is 5.10 Å². The van der Waals surface area contributed by atoms with E-state index in [4.69, 9.17) is 11.6 Å². The first kappa shape index (κ1) is 14.4. The van der Waals surface area contributed by atoms with Gasteiger partial charge in [-0.3, -0.25) is 9.69 Å². The second-order valence-electron chi connectivity index (χ2n) is 4.23. The minimum Gasteiger partial charge on any atom is -0.293 e. The molecule has 0 unspecified atom stereocenters. The molecule has 1 N–H and O–H groups in total. The highest BCUT2D eigenvalue weighted by atomic mass is 35.5. The Morgan fingerprint density at radius 3 is 2.74 bits per heavy atom. The maximum absolute atomic E-state index is 11.7. The first-order valence-electron chi connectivity index (χ1n) is 6.11. The van der Waals surface area contributed by atoms with E-state index in [9.17, 15) is 4.79 Å². The number of thioether (sulfide) groups is 1. The van der Waals surface area contributed by atoms with Crippen molar-refractivity contribution in [2.75, 3.05) is 31.1 Å². The summed E-state index contributed by atoms with van der Waals surface area (Å²) in [6, 6.07) is 7.27. The third-order valence-electron chi connectivity index (χ3n) is 2.74. The molecule has 0 atom stereocenters. The van der Waals surface area contributed by atoms with Gasteiger partial charge < -0.3 is 0 Å². The predicted octanol–water partition coefficient (Wildman–Crippen LogP) is 1.84. The number of rotatable bonds is 4. The number of nitrogens with one attached hydrogen (secondary N) is 1. The fourth-order valence-corrected chi connectivity index (χ4v) is 2.83. The quantitative estimate of drug-likeness (QED) is 0.681. The van der Waals surface area contributed by atoms with E-state index in [1.807, 2.05) is 23.9 Å². The lowest BCUT2D eigenvalue weighted by Gasteiger charge is -2.24. The van der Waals surface area contributed by atoms with Gasteiger partial charge in [0.1, 0.15) is 0 Å². The topological polar surface area (TPSA) is 44.7 Å². The molecule has 1 saturated heterocycles. The van der Waals surface area contributed by atoms with Crippen LogP contribution in [-0.4, -0.2) is 48.2 Å². The summed E-state index contributed by atoms with van der Waals surface area (Å²) < 4.78 is 0. The Kier molecular flexibility index (Phi) is 5.69. The summed E-state index contributed by atoms with van der Waals surface area (Å²) in [5.74, 6) is 2.12. The molecule has 0 saturated carbocycles. The SMILES string of the molecule is O=C(CN1CCSCC1)NN=Cc1ccc(Cl)cc1. The number of carbonyl (C=O) groups is 1. The van der Waals surface area contributed by atoms with Crippen LogP contribution in [0.3, 0.4) is 0 Å². The summed E-state index contributed by atoms with van der Waals surface area (Å²) in [5, 5.41) is 4.62. The fourth-order valence-electron chi connectivity index (χ4n) is 1.73. The van der Waals surface area contributed by atoms with E-state index in [1.54, 1.807) is 18.3 Å². The summed E-state index contributed by atoms with van der Waals surface area (Å²) in [6.07, 6.45) is 1.61. The van der Waals surface area contributed by atoms with Crippen LogP contribution in [0.4, 0.5) is 0 Å². The summed E-state index contributed by atoms with van der Waals surface area (Å²) in [4.78, 5) is 13.8. The van der Waals surface area contributed by atoms with Gasteiger partial charge in [0, 0.05) is 29.6 Å². The third kappa shape index (κ3) is 5.22. The van der Waals surface area contributed by atoms with Crippen LogP contribution in [0.1, 0.15) is 5.56 Å². The first-order chi connectivity index (χ1) is 9.24. The van der Waals surface area contributed by atoms with Gasteiger partial charge in [-0.15, -0.1) is 0 Å². The van der Waals surface area contributed by atoms with Crippen molar-refractivity contribution >= 4 is 35.5 Å². The van der Waals surface area contributed by atoms with Gasteiger partial charge in [0.25, 0.3) is 5.91 Å². The molecule has 0 bridgehead atoms. The van der Waals surface area contributed by atoms with E-state index in [0.29, 0.717) is 11.6 Å². The predicted molar refractivity (Wildman–Crippen MR) is 81.0 cm³/mol. The minimum atomic E-state index is -0.0721. The molecule has 0 aliphatic carbocycles. The second-order valence-corrected chi connectivity index (χ2v) is 5.89. The lowest BCUT2D eigenvalue weighted by Crippen LogP contribution is -2.40. The van der Waals surface area contributed by atoms with Gasteiger partial charge in [0.2, 0.25) is 0 Å². The van der Waals surface area contributed by atoms with Crippen LogP contribution in [0.2, 0.25) is 5.02 Å². The zero-order valence-corrected chi connectivity index (χ0v) is 12.1. The highest BCUT2D eigenvalue weighted by molar-refractivity contribution is 7.99. The molecule has 0 spiro atoms. The summed E-state index contributed by atoms with van der Waals surface area (Å²) >= 11 is 7.71. The zero-order valence-electron chi connectivity index (χ0n) is 10.5. The monoisotopic (exact) mass is 297 g/mol. The molecule has 1 aliphatic rings. The van der Waals surface area contributed by atoms with Crippen LogP contribution in [0.5, 0.6) is 0 Å². The molecule has 1 aromatic carbocycles. The summed E-state index contributed by atoms with van der Waals surface area (Å²) in [5.41, 5.74) is 3.44. The van der Waals surface area contributed by atoms with E-state index < -0.39 is 0 Å². The number of hydrogen-bond donors (Lipinski definition) is 1. The van der Waals surface area contributed by atoms with Gasteiger partial charge in [-0.25, -0.2) is 5.43 Å². The highest BCUT2D eigenvalue weighted by Crippen LogP contribution is 2.08. The Hall–Kier alpha value is -1.04. The van der Waals surface area contributed by atoms with Gasteiger partial charge >= 0.3 is 0 Å². The summed E-state index contributed by atoms with van der Waals surface area (Å²) in [6.45, 7) is 2.36. The van der Waals surface area contributed by atoms with E-state index >= 15 is 0 Å². The molecule has 0 radical (unpaired) electrons. The Morgan fingerprint density at radius 2 is 2.05 bits per heavy atom. The van der Waals surface area contributed by atoms with Crippen molar-refractivity contribution in [3.63, 3.8) is 0 Å². The molecule has 102 valence electrons. The van der Waals surface area contributed by atoms with Crippen LogP contribution in [0.15, 0.2) is 29.4 Å². The van der Waals surface area contributed by atoms with Crippen LogP contribution < -0.4 is 5.43 Å². The molecule has 4 nitrogen and oxygen atoms in total. The minimum absolute atomic E-state index is 0.0721. The van der Waals surface area contributed by atoms with Crippen LogP contribution in [-0.2, 0) is 4.79 Å². The van der Waals surface area contributed by atoms with Crippen molar-refractivity contribution in [3.05, 3.63) is 34.9 Å². The number of hydrogen-bond acceptors (Lipinski definition) is 4. The van der Waals surface area contributed by atoms with E-state index in [1.165, 1.54) is 0 Å². The van der Waals surface area contributed by atoms with Gasteiger partial charge in [-0.05, 0) is 17.7 Å². The van der Waals surface area contributed by atoms with Gasteiger partial charge in [-0.1, -0.05) is 23.7 Å². The lowest BCUT2D eigenvalue weighted by atomic mass is 10.2. The van der Waals surface area contributed by atoms with Crippen molar-refractivity contribution in [1.82, 2.24) is 10.3 Å². The Balaban J connectivity index is 1.74. The van der Waals surface area contributed by atoms with Gasteiger partial charge in [-0.2, -0.15) is 16.9 Å². The first-order valence-corrected chi connectivity index (χ1v) is 7.65. The molecule has 19 heavy (non-hydrogen) atoms. The number of amides is 1. The third-order valence-corrected chi connectivity index (χ3v) is 3.94. The maximum atomic E-state index is 11.7. The van der Waals surface area contributed by atoms with E-state index in [0.717, 1.165) is 30.2 Å². The zero-order chi connectivity index (χ0) is 13.5. The van der Waals surface area contributed by atoms with Crippen LogP contribution in [0, 0.1) is 0 Å². The van der Waals surface area contributed by atoms with Crippen molar-refractivity contribution in [2.45, 2.75) is 0 Å². The highest BCUT2D eigenvalue weighted by Gasteiger charge is 2.13. The molecular weight excluding hydrogens is 282 g/mol.